The third kappa shape index (κ3) is 6.29. The first-order valence-electron chi connectivity index (χ1n) is 10.2. The van der Waals surface area contributed by atoms with Crippen molar-refractivity contribution in [2.75, 3.05) is 19.7 Å². The molecule has 3 rings (SSSR count). The minimum absolute atomic E-state index is 0.0482. The van der Waals surface area contributed by atoms with Crippen molar-refractivity contribution in [3.05, 3.63) is 64.7 Å². The van der Waals surface area contributed by atoms with E-state index in [9.17, 15) is 18.0 Å². The van der Waals surface area contributed by atoms with Gasteiger partial charge in [-0.15, -0.1) is 0 Å². The van der Waals surface area contributed by atoms with E-state index in [1.807, 2.05) is 0 Å². The van der Waals surface area contributed by atoms with Crippen molar-refractivity contribution in [1.29, 1.82) is 0 Å². The highest BCUT2D eigenvalue weighted by Crippen LogP contribution is 2.21. The lowest BCUT2D eigenvalue weighted by atomic mass is 10.2. The standard InChI is InChI=1S/C22H25ClN2O5S/c23-20-11-4-3-8-18(20)15-24-21(26)16-30-22(27)17-9-7-10-19(14-17)31(28,29)25-12-5-1-2-6-13-25/h3-4,7-11,14H,1-2,5-6,12-13,15-16H2,(H,24,26). The van der Waals surface area contributed by atoms with Crippen LogP contribution in [0, 0.1) is 0 Å². The van der Waals surface area contributed by atoms with Crippen LogP contribution in [0.3, 0.4) is 0 Å². The van der Waals surface area contributed by atoms with Crippen LogP contribution in [0.2, 0.25) is 5.02 Å². The smallest absolute Gasteiger partial charge is 0.338 e. The van der Waals surface area contributed by atoms with Gasteiger partial charge in [0.1, 0.15) is 0 Å². The molecule has 0 unspecified atom stereocenters. The van der Waals surface area contributed by atoms with Gasteiger partial charge in [-0.25, -0.2) is 13.2 Å². The molecule has 0 radical (unpaired) electrons. The van der Waals surface area contributed by atoms with E-state index in [-0.39, 0.29) is 17.0 Å². The first-order valence-corrected chi connectivity index (χ1v) is 12.0. The number of nitrogens with one attached hydrogen (secondary N) is 1. The maximum absolute atomic E-state index is 12.9. The van der Waals surface area contributed by atoms with E-state index in [2.05, 4.69) is 5.32 Å². The van der Waals surface area contributed by atoms with Crippen LogP contribution in [-0.2, 0) is 26.1 Å². The molecule has 2 aromatic carbocycles. The molecule has 0 saturated carbocycles. The molecule has 166 valence electrons. The quantitative estimate of drug-likeness (QED) is 0.634. The molecule has 1 N–H and O–H groups in total. The fraction of sp³-hybridized carbons (Fsp3) is 0.364. The van der Waals surface area contributed by atoms with Gasteiger partial charge in [0.2, 0.25) is 10.0 Å². The summed E-state index contributed by atoms with van der Waals surface area (Å²) in [4.78, 5) is 24.4. The molecule has 0 bridgehead atoms. The molecule has 1 aliphatic heterocycles. The number of benzene rings is 2. The zero-order valence-corrected chi connectivity index (χ0v) is 18.6. The summed E-state index contributed by atoms with van der Waals surface area (Å²) in [5.41, 5.74) is 0.824. The van der Waals surface area contributed by atoms with E-state index in [1.165, 1.54) is 28.6 Å². The third-order valence-electron chi connectivity index (χ3n) is 5.04. The van der Waals surface area contributed by atoms with Gasteiger partial charge in [0.25, 0.3) is 5.91 Å². The lowest BCUT2D eigenvalue weighted by Gasteiger charge is -2.20. The molecule has 1 heterocycles. The van der Waals surface area contributed by atoms with Crippen molar-refractivity contribution in [1.82, 2.24) is 9.62 Å². The molecule has 9 heteroatoms. The Kier molecular flexibility index (Phi) is 8.06. The van der Waals surface area contributed by atoms with Crippen LogP contribution in [0.5, 0.6) is 0 Å². The lowest BCUT2D eigenvalue weighted by Crippen LogP contribution is -2.32. The third-order valence-corrected chi connectivity index (χ3v) is 7.30. The average Bonchev–Trinajstić information content (AvgIpc) is 3.07. The Labute approximate surface area is 187 Å². The largest absolute Gasteiger partial charge is 0.452 e. The van der Waals surface area contributed by atoms with Gasteiger partial charge in [-0.3, -0.25) is 4.79 Å². The van der Waals surface area contributed by atoms with Crippen LogP contribution in [0.15, 0.2) is 53.4 Å². The summed E-state index contributed by atoms with van der Waals surface area (Å²) in [6.45, 7) is 0.678. The molecule has 0 atom stereocenters. The Morgan fingerprint density at radius 3 is 2.42 bits per heavy atom. The van der Waals surface area contributed by atoms with Crippen LogP contribution >= 0.6 is 11.6 Å². The van der Waals surface area contributed by atoms with E-state index >= 15 is 0 Å². The number of hydrogen-bond donors (Lipinski definition) is 1. The number of carbonyl (C=O) groups excluding carboxylic acids is 2. The molecule has 31 heavy (non-hydrogen) atoms. The van der Waals surface area contributed by atoms with Crippen molar-refractivity contribution < 1.29 is 22.7 Å². The number of nitrogens with zero attached hydrogens (tertiary/aromatic N) is 1. The van der Waals surface area contributed by atoms with Gasteiger partial charge >= 0.3 is 5.97 Å². The van der Waals surface area contributed by atoms with Crippen LogP contribution < -0.4 is 5.32 Å². The number of amides is 1. The molecule has 0 aromatic heterocycles. The maximum Gasteiger partial charge on any atom is 0.338 e. The van der Waals surface area contributed by atoms with Crippen molar-refractivity contribution in [2.24, 2.45) is 0 Å². The summed E-state index contributed by atoms with van der Waals surface area (Å²) >= 11 is 6.04. The first kappa shape index (κ1) is 23.2. The van der Waals surface area contributed by atoms with Gasteiger partial charge in [-0.1, -0.05) is 48.7 Å². The summed E-state index contributed by atoms with van der Waals surface area (Å²) in [6, 6.07) is 12.8. The number of sulfonamides is 1. The second-order valence-corrected chi connectivity index (χ2v) is 9.64. The Hall–Kier alpha value is -2.42. The Balaban J connectivity index is 1.58. The van der Waals surface area contributed by atoms with Gasteiger partial charge in [-0.2, -0.15) is 4.31 Å². The molecule has 7 nitrogen and oxygen atoms in total. The average molecular weight is 465 g/mol. The molecule has 1 saturated heterocycles. The summed E-state index contributed by atoms with van der Waals surface area (Å²) in [5.74, 6) is -1.25. The summed E-state index contributed by atoms with van der Waals surface area (Å²) in [6.07, 6.45) is 3.67. The summed E-state index contributed by atoms with van der Waals surface area (Å²) in [5, 5.41) is 3.16. The van der Waals surface area contributed by atoms with Crippen molar-refractivity contribution >= 4 is 33.5 Å². The molecule has 0 spiro atoms. The van der Waals surface area contributed by atoms with Gasteiger partial charge in [0, 0.05) is 24.7 Å². The molecule has 2 aromatic rings. The van der Waals surface area contributed by atoms with Crippen LogP contribution in [0.25, 0.3) is 0 Å². The SMILES string of the molecule is O=C(COC(=O)c1cccc(S(=O)(=O)N2CCCCCC2)c1)NCc1ccccc1Cl. The minimum atomic E-state index is -3.68. The second kappa shape index (κ2) is 10.7. The van der Waals surface area contributed by atoms with E-state index in [0.717, 1.165) is 31.2 Å². The fourth-order valence-electron chi connectivity index (χ4n) is 3.32. The molecule has 1 amide bonds. The summed E-state index contributed by atoms with van der Waals surface area (Å²) in [7, 11) is -3.68. The fourth-order valence-corrected chi connectivity index (χ4v) is 5.08. The monoisotopic (exact) mass is 464 g/mol. The van der Waals surface area contributed by atoms with Crippen LogP contribution in [0.4, 0.5) is 0 Å². The Morgan fingerprint density at radius 2 is 1.71 bits per heavy atom. The topological polar surface area (TPSA) is 92.8 Å². The van der Waals surface area contributed by atoms with Gasteiger partial charge < -0.3 is 10.1 Å². The Bertz CT molecular complexity index is 1030. The number of rotatable bonds is 7. The predicted molar refractivity (Wildman–Crippen MR) is 117 cm³/mol. The molecule has 1 aliphatic rings. The van der Waals surface area contributed by atoms with Crippen molar-refractivity contribution in [2.45, 2.75) is 37.1 Å². The number of halogens is 1. The zero-order chi connectivity index (χ0) is 22.3. The highest BCUT2D eigenvalue weighted by atomic mass is 35.5. The predicted octanol–water partition coefficient (Wildman–Crippen LogP) is 3.38. The molecule has 1 fully saturated rings. The molecular weight excluding hydrogens is 440 g/mol. The van der Waals surface area contributed by atoms with Gasteiger partial charge in [0.05, 0.1) is 10.5 Å². The highest BCUT2D eigenvalue weighted by molar-refractivity contribution is 7.89. The second-order valence-electron chi connectivity index (χ2n) is 7.29. The van der Waals surface area contributed by atoms with Gasteiger partial charge in [0.15, 0.2) is 6.61 Å². The number of esters is 1. The normalized spacial score (nSPS) is 15.1. The van der Waals surface area contributed by atoms with E-state index < -0.39 is 28.5 Å². The van der Waals surface area contributed by atoms with E-state index in [1.54, 1.807) is 24.3 Å². The van der Waals surface area contributed by atoms with E-state index in [0.29, 0.717) is 18.1 Å². The first-order chi connectivity index (χ1) is 14.9. The minimum Gasteiger partial charge on any atom is -0.452 e. The zero-order valence-electron chi connectivity index (χ0n) is 17.1. The maximum atomic E-state index is 12.9. The Morgan fingerprint density at radius 1 is 1.00 bits per heavy atom. The lowest BCUT2D eigenvalue weighted by molar-refractivity contribution is -0.124. The molecule has 0 aliphatic carbocycles. The van der Waals surface area contributed by atoms with Gasteiger partial charge in [-0.05, 0) is 42.7 Å². The highest BCUT2D eigenvalue weighted by Gasteiger charge is 2.26. The number of hydrogen-bond acceptors (Lipinski definition) is 5. The van der Waals surface area contributed by atoms with E-state index in [4.69, 9.17) is 16.3 Å². The van der Waals surface area contributed by atoms with Crippen LogP contribution in [0.1, 0.15) is 41.6 Å². The molecular formula is C22H25ClN2O5S. The van der Waals surface area contributed by atoms with Crippen LogP contribution in [-0.4, -0.2) is 44.3 Å². The summed E-state index contributed by atoms with van der Waals surface area (Å²) < 4.78 is 32.4. The number of carbonyl (C=O) groups is 2. The van der Waals surface area contributed by atoms with Crippen molar-refractivity contribution in [3.8, 4) is 0 Å². The van der Waals surface area contributed by atoms with Crippen molar-refractivity contribution in [3.63, 3.8) is 0 Å². The number of ether oxygens (including phenoxy) is 1.